The Balaban J connectivity index is 1.56. The Morgan fingerprint density at radius 2 is 1.84 bits per heavy atom. The standard InChI is InChI=1S/C20H16N4O/c1-14-5-2-3-6-17(14)19(25)22-16-9-7-15(8-10-16)18-13-24-12-4-11-21-20(24)23-18/h2-13H,1H3,(H,22,25). The molecule has 0 bridgehead atoms. The van der Waals surface area contributed by atoms with Crippen LogP contribution in [0.15, 0.2) is 73.2 Å². The second kappa shape index (κ2) is 6.20. The van der Waals surface area contributed by atoms with Crippen molar-refractivity contribution in [3.63, 3.8) is 0 Å². The van der Waals surface area contributed by atoms with E-state index in [2.05, 4.69) is 15.3 Å². The number of imidazole rings is 1. The molecule has 0 spiro atoms. The van der Waals surface area contributed by atoms with Crippen molar-refractivity contribution < 1.29 is 4.79 Å². The van der Waals surface area contributed by atoms with E-state index in [1.165, 1.54) is 0 Å². The molecule has 0 aliphatic heterocycles. The molecule has 0 saturated carbocycles. The van der Waals surface area contributed by atoms with Crippen molar-refractivity contribution in [1.82, 2.24) is 14.4 Å². The quantitative estimate of drug-likeness (QED) is 0.619. The lowest BCUT2D eigenvalue weighted by Gasteiger charge is -2.08. The third-order valence-electron chi connectivity index (χ3n) is 4.06. The van der Waals surface area contributed by atoms with Crippen LogP contribution in [0.25, 0.3) is 17.0 Å². The molecule has 2 aromatic carbocycles. The van der Waals surface area contributed by atoms with Crippen LogP contribution in [0.4, 0.5) is 5.69 Å². The molecule has 25 heavy (non-hydrogen) atoms. The summed E-state index contributed by atoms with van der Waals surface area (Å²) in [6.07, 6.45) is 5.56. The Kier molecular flexibility index (Phi) is 3.74. The number of nitrogens with one attached hydrogen (secondary N) is 1. The molecule has 0 radical (unpaired) electrons. The lowest BCUT2D eigenvalue weighted by atomic mass is 10.1. The van der Waals surface area contributed by atoms with Crippen molar-refractivity contribution >= 4 is 17.4 Å². The van der Waals surface area contributed by atoms with Crippen LogP contribution in [0.1, 0.15) is 15.9 Å². The van der Waals surface area contributed by atoms with Gasteiger partial charge in [0.1, 0.15) is 0 Å². The number of amides is 1. The molecular weight excluding hydrogens is 312 g/mol. The Bertz CT molecular complexity index is 1020. The van der Waals surface area contributed by atoms with Crippen LogP contribution in [0.5, 0.6) is 0 Å². The zero-order valence-corrected chi connectivity index (χ0v) is 13.7. The summed E-state index contributed by atoms with van der Waals surface area (Å²) in [4.78, 5) is 21.1. The van der Waals surface area contributed by atoms with Crippen molar-refractivity contribution in [2.45, 2.75) is 6.92 Å². The van der Waals surface area contributed by atoms with Crippen molar-refractivity contribution in [3.05, 3.63) is 84.3 Å². The molecule has 0 atom stereocenters. The van der Waals surface area contributed by atoms with Crippen molar-refractivity contribution in [3.8, 4) is 11.3 Å². The van der Waals surface area contributed by atoms with Crippen LogP contribution in [-0.4, -0.2) is 20.3 Å². The fourth-order valence-corrected chi connectivity index (χ4v) is 2.72. The summed E-state index contributed by atoms with van der Waals surface area (Å²) in [5.74, 6) is 0.553. The number of fused-ring (bicyclic) bond motifs is 1. The number of carbonyl (C=O) groups excluding carboxylic acids is 1. The van der Waals surface area contributed by atoms with E-state index in [4.69, 9.17) is 0 Å². The zero-order chi connectivity index (χ0) is 17.2. The SMILES string of the molecule is Cc1ccccc1C(=O)Nc1ccc(-c2cn3cccnc3n2)cc1. The zero-order valence-electron chi connectivity index (χ0n) is 13.7. The van der Waals surface area contributed by atoms with Gasteiger partial charge >= 0.3 is 0 Å². The molecule has 5 heteroatoms. The van der Waals surface area contributed by atoms with E-state index in [0.717, 1.165) is 22.5 Å². The molecule has 0 aliphatic rings. The summed E-state index contributed by atoms with van der Waals surface area (Å²) < 4.78 is 1.88. The van der Waals surface area contributed by atoms with E-state index in [1.807, 2.05) is 78.3 Å². The molecule has 1 N–H and O–H groups in total. The number of benzene rings is 2. The third-order valence-corrected chi connectivity index (χ3v) is 4.06. The maximum atomic E-state index is 12.4. The molecule has 4 aromatic rings. The lowest BCUT2D eigenvalue weighted by molar-refractivity contribution is 0.102. The summed E-state index contributed by atoms with van der Waals surface area (Å²) in [6, 6.07) is 17.0. The lowest BCUT2D eigenvalue weighted by Crippen LogP contribution is -2.13. The minimum atomic E-state index is -0.109. The molecule has 0 aliphatic carbocycles. The monoisotopic (exact) mass is 328 g/mol. The number of rotatable bonds is 3. The molecule has 0 saturated heterocycles. The maximum absolute atomic E-state index is 12.4. The highest BCUT2D eigenvalue weighted by molar-refractivity contribution is 6.05. The average molecular weight is 328 g/mol. The van der Waals surface area contributed by atoms with Gasteiger partial charge in [-0.1, -0.05) is 30.3 Å². The van der Waals surface area contributed by atoms with Gasteiger partial charge in [-0.3, -0.25) is 9.20 Å². The molecular formula is C20H16N4O. The van der Waals surface area contributed by atoms with Crippen LogP contribution in [0.3, 0.4) is 0 Å². The van der Waals surface area contributed by atoms with E-state index < -0.39 is 0 Å². The van der Waals surface area contributed by atoms with Crippen LogP contribution in [0, 0.1) is 6.92 Å². The summed E-state index contributed by atoms with van der Waals surface area (Å²) >= 11 is 0. The van der Waals surface area contributed by atoms with Crippen LogP contribution in [-0.2, 0) is 0 Å². The van der Waals surface area contributed by atoms with Gasteiger partial charge < -0.3 is 5.32 Å². The normalized spacial score (nSPS) is 10.8. The first-order chi connectivity index (χ1) is 12.2. The Morgan fingerprint density at radius 1 is 1.04 bits per heavy atom. The van der Waals surface area contributed by atoms with Gasteiger partial charge in [0, 0.05) is 35.4 Å². The van der Waals surface area contributed by atoms with Gasteiger partial charge in [0.05, 0.1) is 5.69 Å². The largest absolute Gasteiger partial charge is 0.322 e. The predicted octanol–water partition coefficient (Wildman–Crippen LogP) is 3.96. The number of hydrogen-bond donors (Lipinski definition) is 1. The van der Waals surface area contributed by atoms with Gasteiger partial charge in [-0.25, -0.2) is 9.97 Å². The number of nitrogens with zero attached hydrogens (tertiary/aromatic N) is 3. The number of hydrogen-bond acceptors (Lipinski definition) is 3. The highest BCUT2D eigenvalue weighted by Gasteiger charge is 2.09. The maximum Gasteiger partial charge on any atom is 0.255 e. The fourth-order valence-electron chi connectivity index (χ4n) is 2.72. The minimum absolute atomic E-state index is 0.109. The van der Waals surface area contributed by atoms with Crippen molar-refractivity contribution in [1.29, 1.82) is 0 Å². The van der Waals surface area contributed by atoms with Crippen LogP contribution < -0.4 is 5.32 Å². The topological polar surface area (TPSA) is 59.3 Å². The first-order valence-corrected chi connectivity index (χ1v) is 7.98. The second-order valence-electron chi connectivity index (χ2n) is 5.80. The van der Waals surface area contributed by atoms with Crippen LogP contribution in [0.2, 0.25) is 0 Å². The molecule has 1 amide bonds. The molecule has 2 aromatic heterocycles. The Labute approximate surface area is 145 Å². The number of carbonyl (C=O) groups is 1. The van der Waals surface area contributed by atoms with Crippen molar-refractivity contribution in [2.24, 2.45) is 0 Å². The molecule has 4 rings (SSSR count). The number of aryl methyl sites for hydroxylation is 1. The molecule has 2 heterocycles. The van der Waals surface area contributed by atoms with Gasteiger partial charge in [0.2, 0.25) is 5.78 Å². The average Bonchev–Trinajstić information content (AvgIpc) is 3.07. The Morgan fingerprint density at radius 3 is 2.60 bits per heavy atom. The predicted molar refractivity (Wildman–Crippen MR) is 97.6 cm³/mol. The van der Waals surface area contributed by atoms with Gasteiger partial charge in [-0.05, 0) is 36.8 Å². The summed E-state index contributed by atoms with van der Waals surface area (Å²) in [5.41, 5.74) is 4.19. The van der Waals surface area contributed by atoms with Crippen LogP contribution >= 0.6 is 0 Å². The number of anilines is 1. The summed E-state index contributed by atoms with van der Waals surface area (Å²) in [5, 5.41) is 2.93. The van der Waals surface area contributed by atoms with E-state index in [1.54, 1.807) is 6.20 Å². The van der Waals surface area contributed by atoms with E-state index >= 15 is 0 Å². The first-order valence-electron chi connectivity index (χ1n) is 7.98. The highest BCUT2D eigenvalue weighted by atomic mass is 16.1. The molecule has 0 unspecified atom stereocenters. The molecule has 122 valence electrons. The van der Waals surface area contributed by atoms with E-state index in [-0.39, 0.29) is 5.91 Å². The summed E-state index contributed by atoms with van der Waals surface area (Å²) in [7, 11) is 0. The number of aromatic nitrogens is 3. The molecule has 0 fully saturated rings. The highest BCUT2D eigenvalue weighted by Crippen LogP contribution is 2.21. The van der Waals surface area contributed by atoms with Gasteiger partial charge in [-0.2, -0.15) is 0 Å². The third kappa shape index (κ3) is 2.99. The Hall–Kier alpha value is -3.47. The van der Waals surface area contributed by atoms with Crippen molar-refractivity contribution in [2.75, 3.05) is 5.32 Å². The summed E-state index contributed by atoms with van der Waals surface area (Å²) in [6.45, 7) is 1.93. The molecule has 5 nitrogen and oxygen atoms in total. The first kappa shape index (κ1) is 15.1. The van der Waals surface area contributed by atoms with Gasteiger partial charge in [0.25, 0.3) is 5.91 Å². The van der Waals surface area contributed by atoms with E-state index in [0.29, 0.717) is 11.3 Å². The van der Waals surface area contributed by atoms with Gasteiger partial charge in [0.15, 0.2) is 0 Å². The van der Waals surface area contributed by atoms with Gasteiger partial charge in [-0.15, -0.1) is 0 Å². The van der Waals surface area contributed by atoms with E-state index in [9.17, 15) is 4.79 Å². The smallest absolute Gasteiger partial charge is 0.255 e. The second-order valence-corrected chi connectivity index (χ2v) is 5.80. The minimum Gasteiger partial charge on any atom is -0.322 e. The fraction of sp³-hybridized carbons (Fsp3) is 0.0500.